The fourth-order valence-electron chi connectivity index (χ4n) is 1.95. The van der Waals surface area contributed by atoms with E-state index in [1.54, 1.807) is 26.2 Å². The molecule has 0 aliphatic carbocycles. The molecule has 0 radical (unpaired) electrons. The molecule has 0 fully saturated rings. The molecule has 0 aromatic heterocycles. The fraction of sp³-hybridized carbons (Fsp3) is 0.118. The lowest BCUT2D eigenvalue weighted by Gasteiger charge is -2.15. The first-order chi connectivity index (χ1) is 11.3. The molecule has 126 valence electrons. The van der Waals surface area contributed by atoms with Crippen LogP contribution in [0.5, 0.6) is 0 Å². The summed E-state index contributed by atoms with van der Waals surface area (Å²) in [6, 6.07) is 13.5. The van der Waals surface area contributed by atoms with Crippen molar-refractivity contribution < 1.29 is 13.2 Å². The van der Waals surface area contributed by atoms with Gasteiger partial charge in [0.15, 0.2) is 0 Å². The number of anilines is 1. The molecule has 2 aromatic carbocycles. The Balaban J connectivity index is 2.31. The van der Waals surface area contributed by atoms with E-state index in [1.165, 1.54) is 29.2 Å². The lowest BCUT2D eigenvalue weighted by atomic mass is 10.1. The van der Waals surface area contributed by atoms with Crippen LogP contribution in [0.25, 0.3) is 6.08 Å². The molecule has 1 amide bonds. The number of sulfonamides is 1. The van der Waals surface area contributed by atoms with Gasteiger partial charge in [0, 0.05) is 19.1 Å². The Morgan fingerprint density at radius 2 is 1.79 bits per heavy atom. The largest absolute Gasteiger partial charge is 0.345 e. The SMILES string of the molecule is CN(C)C(=O)c1ccc(Cl)cc1NS(=O)(=O)/C=C/c1ccccc1. The van der Waals surface area contributed by atoms with Crippen molar-refractivity contribution in [3.8, 4) is 0 Å². The van der Waals surface area contributed by atoms with Gasteiger partial charge in [-0.05, 0) is 29.8 Å². The number of nitrogens with zero attached hydrogens (tertiary/aromatic N) is 1. The lowest BCUT2D eigenvalue weighted by molar-refractivity contribution is 0.0828. The van der Waals surface area contributed by atoms with Crippen molar-refractivity contribution in [3.63, 3.8) is 0 Å². The summed E-state index contributed by atoms with van der Waals surface area (Å²) in [6.45, 7) is 0. The molecule has 0 aliphatic rings. The minimum absolute atomic E-state index is 0.138. The molecule has 0 unspecified atom stereocenters. The average molecular weight is 365 g/mol. The molecule has 0 spiro atoms. The zero-order valence-corrected chi connectivity index (χ0v) is 14.8. The van der Waals surface area contributed by atoms with E-state index >= 15 is 0 Å². The standard InChI is InChI=1S/C17H17ClN2O3S/c1-20(2)17(21)15-9-8-14(18)12-16(15)19-24(22,23)11-10-13-6-4-3-5-7-13/h3-12,19H,1-2H3/b11-10+. The van der Waals surface area contributed by atoms with Crippen molar-refractivity contribution in [1.29, 1.82) is 0 Å². The highest BCUT2D eigenvalue weighted by molar-refractivity contribution is 7.95. The molecule has 2 aromatic rings. The van der Waals surface area contributed by atoms with Crippen molar-refractivity contribution >= 4 is 39.3 Å². The maximum absolute atomic E-state index is 12.3. The minimum atomic E-state index is -3.79. The van der Waals surface area contributed by atoms with Crippen LogP contribution in [-0.4, -0.2) is 33.3 Å². The van der Waals surface area contributed by atoms with Crippen molar-refractivity contribution in [2.24, 2.45) is 0 Å². The number of carbonyl (C=O) groups excluding carboxylic acids is 1. The first-order valence-corrected chi connectivity index (χ1v) is 8.98. The van der Waals surface area contributed by atoms with E-state index in [-0.39, 0.29) is 17.2 Å². The first kappa shape index (κ1) is 18.0. The summed E-state index contributed by atoms with van der Waals surface area (Å²) in [5.74, 6) is -0.323. The van der Waals surface area contributed by atoms with Crippen LogP contribution in [0.2, 0.25) is 5.02 Å². The number of amides is 1. The highest BCUT2D eigenvalue weighted by atomic mass is 35.5. The van der Waals surface area contributed by atoms with Gasteiger partial charge in [-0.25, -0.2) is 8.42 Å². The van der Waals surface area contributed by atoms with Crippen LogP contribution in [0, 0.1) is 0 Å². The summed E-state index contributed by atoms with van der Waals surface area (Å²) in [5.41, 5.74) is 1.11. The Morgan fingerprint density at radius 3 is 2.42 bits per heavy atom. The summed E-state index contributed by atoms with van der Waals surface area (Å²) < 4.78 is 26.9. The van der Waals surface area contributed by atoms with Crippen LogP contribution in [0.4, 0.5) is 5.69 Å². The maximum atomic E-state index is 12.3. The second kappa shape index (κ2) is 7.51. The van der Waals surface area contributed by atoms with E-state index in [0.717, 1.165) is 11.0 Å². The molecule has 0 bridgehead atoms. The smallest absolute Gasteiger partial charge is 0.255 e. The van der Waals surface area contributed by atoms with Gasteiger partial charge in [-0.1, -0.05) is 41.9 Å². The molecule has 1 N–H and O–H groups in total. The van der Waals surface area contributed by atoms with Crippen molar-refractivity contribution in [1.82, 2.24) is 4.90 Å². The van der Waals surface area contributed by atoms with Crippen LogP contribution in [0.1, 0.15) is 15.9 Å². The number of benzene rings is 2. The molecular formula is C17H17ClN2O3S. The summed E-state index contributed by atoms with van der Waals surface area (Å²) in [6.07, 6.45) is 1.47. The summed E-state index contributed by atoms with van der Waals surface area (Å²) in [7, 11) is -0.616. The Kier molecular flexibility index (Phi) is 5.64. The van der Waals surface area contributed by atoms with Gasteiger partial charge in [0.1, 0.15) is 0 Å². The average Bonchev–Trinajstić information content (AvgIpc) is 2.53. The number of hydrogen-bond donors (Lipinski definition) is 1. The van der Waals surface area contributed by atoms with Gasteiger partial charge >= 0.3 is 0 Å². The van der Waals surface area contributed by atoms with Gasteiger partial charge in [0.2, 0.25) is 0 Å². The zero-order chi connectivity index (χ0) is 17.7. The Bertz CT molecular complexity index is 863. The number of rotatable bonds is 5. The molecule has 0 saturated heterocycles. The topological polar surface area (TPSA) is 66.5 Å². The molecule has 7 heteroatoms. The summed E-state index contributed by atoms with van der Waals surface area (Å²) in [5, 5.41) is 1.38. The third-order valence-electron chi connectivity index (χ3n) is 3.11. The molecule has 0 saturated carbocycles. The van der Waals surface area contributed by atoms with E-state index in [2.05, 4.69) is 4.72 Å². The van der Waals surface area contributed by atoms with Crippen molar-refractivity contribution in [2.75, 3.05) is 18.8 Å². The van der Waals surface area contributed by atoms with E-state index in [9.17, 15) is 13.2 Å². The van der Waals surface area contributed by atoms with Gasteiger partial charge < -0.3 is 4.90 Å². The molecule has 24 heavy (non-hydrogen) atoms. The fourth-order valence-corrected chi connectivity index (χ4v) is 3.00. The quantitative estimate of drug-likeness (QED) is 0.883. The van der Waals surface area contributed by atoms with Gasteiger partial charge in [0.05, 0.1) is 16.7 Å². The van der Waals surface area contributed by atoms with Crippen LogP contribution < -0.4 is 4.72 Å². The highest BCUT2D eigenvalue weighted by Crippen LogP contribution is 2.23. The lowest BCUT2D eigenvalue weighted by Crippen LogP contribution is -2.23. The van der Waals surface area contributed by atoms with Gasteiger partial charge in [-0.2, -0.15) is 0 Å². The normalized spacial score (nSPS) is 11.5. The molecule has 0 aliphatic heterocycles. The van der Waals surface area contributed by atoms with E-state index in [1.807, 2.05) is 18.2 Å². The number of nitrogens with one attached hydrogen (secondary N) is 1. The molecule has 0 heterocycles. The molecule has 2 rings (SSSR count). The first-order valence-electron chi connectivity index (χ1n) is 7.06. The highest BCUT2D eigenvalue weighted by Gasteiger charge is 2.17. The van der Waals surface area contributed by atoms with Crippen LogP contribution in [0.3, 0.4) is 0 Å². The number of carbonyl (C=O) groups is 1. The minimum Gasteiger partial charge on any atom is -0.345 e. The van der Waals surface area contributed by atoms with E-state index in [0.29, 0.717) is 5.02 Å². The summed E-state index contributed by atoms with van der Waals surface area (Å²) >= 11 is 5.93. The van der Waals surface area contributed by atoms with Crippen LogP contribution in [-0.2, 0) is 10.0 Å². The Hall–Kier alpha value is -2.31. The third kappa shape index (κ3) is 4.84. The van der Waals surface area contributed by atoms with Gasteiger partial charge in [-0.3, -0.25) is 9.52 Å². The number of halogens is 1. The van der Waals surface area contributed by atoms with Crippen LogP contribution in [0.15, 0.2) is 53.9 Å². The summed E-state index contributed by atoms with van der Waals surface area (Å²) in [4.78, 5) is 13.5. The Morgan fingerprint density at radius 1 is 1.12 bits per heavy atom. The monoisotopic (exact) mass is 364 g/mol. The molecule has 5 nitrogen and oxygen atoms in total. The molecular weight excluding hydrogens is 348 g/mol. The predicted molar refractivity (Wildman–Crippen MR) is 97.5 cm³/mol. The van der Waals surface area contributed by atoms with Crippen molar-refractivity contribution in [3.05, 3.63) is 70.1 Å². The van der Waals surface area contributed by atoms with Crippen LogP contribution >= 0.6 is 11.6 Å². The van der Waals surface area contributed by atoms with Gasteiger partial charge in [-0.15, -0.1) is 0 Å². The zero-order valence-electron chi connectivity index (χ0n) is 13.2. The third-order valence-corrected chi connectivity index (χ3v) is 4.34. The van der Waals surface area contributed by atoms with Crippen molar-refractivity contribution in [2.45, 2.75) is 0 Å². The second-order valence-corrected chi connectivity index (χ2v) is 7.25. The van der Waals surface area contributed by atoms with E-state index < -0.39 is 10.0 Å². The van der Waals surface area contributed by atoms with Gasteiger partial charge in [0.25, 0.3) is 15.9 Å². The Labute approximate surface area is 146 Å². The van der Waals surface area contributed by atoms with E-state index in [4.69, 9.17) is 11.6 Å². The molecule has 0 atom stereocenters. The predicted octanol–water partition coefficient (Wildman–Crippen LogP) is 3.45. The number of hydrogen-bond acceptors (Lipinski definition) is 3. The maximum Gasteiger partial charge on any atom is 0.255 e. The second-order valence-electron chi connectivity index (χ2n) is 5.25.